The molecule has 0 unspecified atom stereocenters. The van der Waals surface area contributed by atoms with E-state index < -0.39 is 0 Å². The van der Waals surface area contributed by atoms with Crippen LogP contribution in [-0.2, 0) is 22.4 Å². The molecule has 142 valence electrons. The van der Waals surface area contributed by atoms with Crippen molar-refractivity contribution < 1.29 is 14.3 Å². The van der Waals surface area contributed by atoms with Crippen molar-refractivity contribution in [2.24, 2.45) is 5.92 Å². The van der Waals surface area contributed by atoms with E-state index in [4.69, 9.17) is 4.74 Å². The summed E-state index contributed by atoms with van der Waals surface area (Å²) in [5.74, 6) is 0.197. The smallest absolute Gasteiger partial charge is 0.229 e. The summed E-state index contributed by atoms with van der Waals surface area (Å²) < 4.78 is 5.19. The zero-order chi connectivity index (χ0) is 19.4. The summed E-state index contributed by atoms with van der Waals surface area (Å²) in [4.78, 5) is 27.2. The van der Waals surface area contributed by atoms with Crippen molar-refractivity contribution in [2.75, 3.05) is 23.9 Å². The molecule has 0 saturated carbocycles. The van der Waals surface area contributed by atoms with Gasteiger partial charge in [-0.1, -0.05) is 38.1 Å². The Morgan fingerprint density at radius 3 is 2.44 bits per heavy atom. The molecule has 3 rings (SSSR count). The Bertz CT molecular complexity index is 825. The van der Waals surface area contributed by atoms with E-state index >= 15 is 0 Å². The first kappa shape index (κ1) is 19.0. The van der Waals surface area contributed by atoms with E-state index in [9.17, 15) is 9.59 Å². The maximum Gasteiger partial charge on any atom is 0.229 e. The average molecular weight is 366 g/mol. The zero-order valence-corrected chi connectivity index (χ0v) is 16.1. The molecule has 2 amide bonds. The van der Waals surface area contributed by atoms with Crippen LogP contribution < -0.4 is 15.0 Å². The van der Waals surface area contributed by atoms with Gasteiger partial charge in [0.25, 0.3) is 0 Å². The molecule has 1 aliphatic heterocycles. The van der Waals surface area contributed by atoms with Crippen LogP contribution in [0.25, 0.3) is 0 Å². The number of nitrogens with one attached hydrogen (secondary N) is 1. The first-order valence-corrected chi connectivity index (χ1v) is 9.43. The zero-order valence-electron chi connectivity index (χ0n) is 16.1. The predicted octanol–water partition coefficient (Wildman–Crippen LogP) is 3.81. The Morgan fingerprint density at radius 1 is 1.15 bits per heavy atom. The van der Waals surface area contributed by atoms with E-state index in [0.717, 1.165) is 29.7 Å². The van der Waals surface area contributed by atoms with E-state index in [0.29, 0.717) is 18.0 Å². The number of amides is 2. The van der Waals surface area contributed by atoms with Crippen molar-refractivity contribution in [2.45, 2.75) is 33.1 Å². The molecule has 5 heteroatoms. The van der Waals surface area contributed by atoms with Gasteiger partial charge in [0.2, 0.25) is 11.8 Å². The standard InChI is InChI=1S/C22H26N2O3/c1-4-15-8-6-9-16(5-2)21(15)24-14-17(12-20(24)25)22(26)23-18-10-7-11-19(13-18)27-3/h6-11,13,17H,4-5,12,14H2,1-3H3,(H,23,26)/t17-/m1/s1. The van der Waals surface area contributed by atoms with Crippen molar-refractivity contribution in [1.29, 1.82) is 0 Å². The van der Waals surface area contributed by atoms with Crippen LogP contribution in [0.4, 0.5) is 11.4 Å². The maximum atomic E-state index is 12.7. The fourth-order valence-electron chi connectivity index (χ4n) is 3.61. The third-order valence-corrected chi connectivity index (χ3v) is 5.07. The second kappa shape index (κ2) is 8.25. The number of ether oxygens (including phenoxy) is 1. The summed E-state index contributed by atoms with van der Waals surface area (Å²) in [6.07, 6.45) is 1.94. The second-order valence-corrected chi connectivity index (χ2v) is 6.76. The lowest BCUT2D eigenvalue weighted by Crippen LogP contribution is -2.29. The van der Waals surface area contributed by atoms with Gasteiger partial charge in [0.15, 0.2) is 0 Å². The molecule has 0 radical (unpaired) electrons. The Hall–Kier alpha value is -2.82. The van der Waals surface area contributed by atoms with Gasteiger partial charge in [-0.05, 0) is 36.1 Å². The van der Waals surface area contributed by atoms with E-state index in [1.54, 1.807) is 18.1 Å². The number of hydrogen-bond acceptors (Lipinski definition) is 3. The molecule has 0 aromatic heterocycles. The topological polar surface area (TPSA) is 58.6 Å². The SMILES string of the molecule is CCc1cccc(CC)c1N1C[C@H](C(=O)Nc2cccc(OC)c2)CC1=O. The van der Waals surface area contributed by atoms with Crippen LogP contribution in [-0.4, -0.2) is 25.5 Å². The first-order chi connectivity index (χ1) is 13.1. The molecule has 1 aliphatic rings. The number of rotatable bonds is 6. The molecule has 0 spiro atoms. The molecule has 2 aromatic carbocycles. The minimum absolute atomic E-state index is 0.0105. The van der Waals surface area contributed by atoms with Gasteiger partial charge in [-0.25, -0.2) is 0 Å². The monoisotopic (exact) mass is 366 g/mol. The van der Waals surface area contributed by atoms with Crippen molar-refractivity contribution in [3.8, 4) is 5.75 Å². The molecule has 0 bridgehead atoms. The Labute approximate surface area is 160 Å². The summed E-state index contributed by atoms with van der Waals surface area (Å²) in [6.45, 7) is 4.59. The molecule has 1 atom stereocenters. The maximum absolute atomic E-state index is 12.7. The number of aryl methyl sites for hydroxylation is 2. The van der Waals surface area contributed by atoms with Crippen LogP contribution in [0.2, 0.25) is 0 Å². The first-order valence-electron chi connectivity index (χ1n) is 9.43. The third kappa shape index (κ3) is 3.97. The van der Waals surface area contributed by atoms with E-state index in [1.807, 2.05) is 24.3 Å². The fourth-order valence-corrected chi connectivity index (χ4v) is 3.61. The molecule has 27 heavy (non-hydrogen) atoms. The van der Waals surface area contributed by atoms with Crippen molar-refractivity contribution >= 4 is 23.2 Å². The molecule has 5 nitrogen and oxygen atoms in total. The van der Waals surface area contributed by atoms with Crippen molar-refractivity contribution in [3.63, 3.8) is 0 Å². The van der Waals surface area contributed by atoms with Crippen molar-refractivity contribution in [3.05, 3.63) is 53.6 Å². The second-order valence-electron chi connectivity index (χ2n) is 6.76. The van der Waals surface area contributed by atoms with Crippen LogP contribution in [0, 0.1) is 5.92 Å². The highest BCUT2D eigenvalue weighted by Gasteiger charge is 2.36. The Kier molecular flexibility index (Phi) is 5.79. The highest BCUT2D eigenvalue weighted by atomic mass is 16.5. The molecule has 2 aromatic rings. The van der Waals surface area contributed by atoms with E-state index in [1.165, 1.54) is 0 Å². The average Bonchev–Trinajstić information content (AvgIpc) is 3.08. The number of methoxy groups -OCH3 is 1. The van der Waals surface area contributed by atoms with E-state index in [-0.39, 0.29) is 24.2 Å². The quantitative estimate of drug-likeness (QED) is 0.846. The fraction of sp³-hybridized carbons (Fsp3) is 0.364. The van der Waals surface area contributed by atoms with Gasteiger partial charge in [0.05, 0.1) is 13.0 Å². The lowest BCUT2D eigenvalue weighted by Gasteiger charge is -2.23. The molecular formula is C22H26N2O3. The minimum atomic E-state index is -0.363. The summed E-state index contributed by atoms with van der Waals surface area (Å²) in [7, 11) is 1.59. The van der Waals surface area contributed by atoms with Crippen LogP contribution in [0.15, 0.2) is 42.5 Å². The highest BCUT2D eigenvalue weighted by molar-refractivity contribution is 6.04. The Balaban J connectivity index is 1.78. The molecule has 1 heterocycles. The summed E-state index contributed by atoms with van der Waals surface area (Å²) in [6, 6.07) is 13.4. The lowest BCUT2D eigenvalue weighted by molar-refractivity contribution is -0.122. The van der Waals surface area contributed by atoms with Gasteiger partial charge in [0, 0.05) is 30.4 Å². The minimum Gasteiger partial charge on any atom is -0.497 e. The summed E-state index contributed by atoms with van der Waals surface area (Å²) in [5, 5.41) is 2.91. The van der Waals surface area contributed by atoms with Crippen LogP contribution in [0.5, 0.6) is 5.75 Å². The number of carbonyl (C=O) groups excluding carboxylic acids is 2. The molecule has 0 aliphatic carbocycles. The number of benzene rings is 2. The molecule has 1 saturated heterocycles. The predicted molar refractivity (Wildman–Crippen MR) is 107 cm³/mol. The normalized spacial score (nSPS) is 16.5. The number of hydrogen-bond donors (Lipinski definition) is 1. The van der Waals surface area contributed by atoms with Crippen LogP contribution in [0.1, 0.15) is 31.4 Å². The Morgan fingerprint density at radius 2 is 1.81 bits per heavy atom. The lowest BCUT2D eigenvalue weighted by atomic mass is 10.0. The number of nitrogens with zero attached hydrogens (tertiary/aromatic N) is 1. The number of carbonyl (C=O) groups is 2. The van der Waals surface area contributed by atoms with Gasteiger partial charge in [-0.2, -0.15) is 0 Å². The van der Waals surface area contributed by atoms with Gasteiger partial charge in [0.1, 0.15) is 5.75 Å². The van der Waals surface area contributed by atoms with Crippen molar-refractivity contribution in [1.82, 2.24) is 0 Å². The van der Waals surface area contributed by atoms with Crippen LogP contribution >= 0.6 is 0 Å². The summed E-state index contributed by atoms with van der Waals surface area (Å²) >= 11 is 0. The van der Waals surface area contributed by atoms with Crippen LogP contribution in [0.3, 0.4) is 0 Å². The number of anilines is 2. The van der Waals surface area contributed by atoms with E-state index in [2.05, 4.69) is 31.3 Å². The number of para-hydroxylation sites is 1. The summed E-state index contributed by atoms with van der Waals surface area (Å²) in [5.41, 5.74) is 3.96. The van der Waals surface area contributed by atoms with Gasteiger partial charge in [-0.3, -0.25) is 9.59 Å². The largest absolute Gasteiger partial charge is 0.497 e. The van der Waals surface area contributed by atoms with Gasteiger partial charge >= 0.3 is 0 Å². The van der Waals surface area contributed by atoms with Gasteiger partial charge in [-0.15, -0.1) is 0 Å². The molecule has 1 fully saturated rings. The van der Waals surface area contributed by atoms with Gasteiger partial charge < -0.3 is 15.0 Å². The molecule has 1 N–H and O–H groups in total. The highest BCUT2D eigenvalue weighted by Crippen LogP contribution is 2.33. The molecular weight excluding hydrogens is 340 g/mol. The third-order valence-electron chi connectivity index (χ3n) is 5.07.